The molecule has 8 heteroatoms. The Hall–Kier alpha value is -1.83. The van der Waals surface area contributed by atoms with Crippen molar-refractivity contribution in [3.63, 3.8) is 0 Å². The molecule has 176 valence electrons. The molecule has 2 N–H and O–H groups in total. The molecule has 0 spiro atoms. The van der Waals surface area contributed by atoms with E-state index in [2.05, 4.69) is 15.0 Å². The maximum atomic E-state index is 11.9. The van der Waals surface area contributed by atoms with Crippen LogP contribution in [0.25, 0.3) is 11.0 Å². The molecule has 1 aliphatic heterocycles. The number of hydrogen-bond donors (Lipinski definition) is 1. The number of primary amides is 1. The van der Waals surface area contributed by atoms with Gasteiger partial charge in [-0.3, -0.25) is 9.69 Å². The van der Waals surface area contributed by atoms with Crippen LogP contribution >= 0.6 is 11.6 Å². The molecule has 4 rings (SSSR count). The maximum absolute atomic E-state index is 11.9. The van der Waals surface area contributed by atoms with Crippen LogP contribution in [0, 0.1) is 17.8 Å². The summed E-state index contributed by atoms with van der Waals surface area (Å²) in [5.41, 5.74) is 6.41. The van der Waals surface area contributed by atoms with E-state index in [9.17, 15) is 4.79 Å². The lowest BCUT2D eigenvalue weighted by Crippen LogP contribution is -2.47. The Labute approximate surface area is 195 Å². The van der Waals surface area contributed by atoms with Crippen molar-refractivity contribution in [2.75, 3.05) is 44.7 Å². The summed E-state index contributed by atoms with van der Waals surface area (Å²) in [6.45, 7) is 7.06. The van der Waals surface area contributed by atoms with Gasteiger partial charge in [0.1, 0.15) is 0 Å². The Kier molecular flexibility index (Phi) is 7.59. The zero-order valence-corrected chi connectivity index (χ0v) is 19.9. The highest BCUT2D eigenvalue weighted by Crippen LogP contribution is 2.37. The van der Waals surface area contributed by atoms with Gasteiger partial charge in [0.15, 0.2) is 11.4 Å². The molecule has 1 aromatic carbocycles. The number of rotatable bonds is 8. The van der Waals surface area contributed by atoms with E-state index < -0.39 is 0 Å². The first-order valence-corrected chi connectivity index (χ1v) is 12.2. The average Bonchev–Trinajstić information content (AvgIpc) is 3.21. The van der Waals surface area contributed by atoms with E-state index >= 15 is 0 Å². The van der Waals surface area contributed by atoms with Crippen molar-refractivity contribution < 1.29 is 14.1 Å². The number of hydrogen-bond acceptors (Lipinski definition) is 6. The number of carbonyl (C=O) groups excluding carboxylic acids is 1. The SMILES string of the molecule is COC(C)C(C(N)=O)C1CCC(CCN2CCN(c3noc4cc(Cl)ccc34)CC2)CC1. The fourth-order valence-electron chi connectivity index (χ4n) is 5.50. The summed E-state index contributed by atoms with van der Waals surface area (Å²) in [6, 6.07) is 5.69. The van der Waals surface area contributed by atoms with Gasteiger partial charge in [0.25, 0.3) is 0 Å². The largest absolute Gasteiger partial charge is 0.381 e. The molecule has 2 aliphatic rings. The summed E-state index contributed by atoms with van der Waals surface area (Å²) >= 11 is 6.06. The number of benzene rings is 1. The summed E-state index contributed by atoms with van der Waals surface area (Å²) in [5.74, 6) is 1.62. The Morgan fingerprint density at radius 1 is 1.25 bits per heavy atom. The third-order valence-corrected chi connectivity index (χ3v) is 7.78. The van der Waals surface area contributed by atoms with Crippen molar-refractivity contribution in [3.8, 4) is 0 Å². The lowest BCUT2D eigenvalue weighted by atomic mass is 9.73. The van der Waals surface area contributed by atoms with Gasteiger partial charge in [0.2, 0.25) is 5.91 Å². The summed E-state index contributed by atoms with van der Waals surface area (Å²) in [4.78, 5) is 16.8. The van der Waals surface area contributed by atoms with Gasteiger partial charge in [-0.15, -0.1) is 0 Å². The van der Waals surface area contributed by atoms with Crippen LogP contribution in [0.4, 0.5) is 5.82 Å². The Balaban J connectivity index is 1.21. The number of piperazine rings is 1. The molecular formula is C24H35ClN4O3. The van der Waals surface area contributed by atoms with Crippen LogP contribution in [0.2, 0.25) is 5.02 Å². The lowest BCUT2D eigenvalue weighted by Gasteiger charge is -2.37. The molecule has 2 heterocycles. The number of nitrogens with zero attached hydrogens (tertiary/aromatic N) is 3. The topological polar surface area (TPSA) is 84.8 Å². The van der Waals surface area contributed by atoms with Crippen LogP contribution in [-0.4, -0.2) is 61.9 Å². The van der Waals surface area contributed by atoms with Gasteiger partial charge in [-0.05, 0) is 56.7 Å². The highest BCUT2D eigenvalue weighted by atomic mass is 35.5. The molecule has 1 aliphatic carbocycles. The second-order valence-electron chi connectivity index (χ2n) is 9.41. The lowest BCUT2D eigenvalue weighted by molar-refractivity contribution is -0.129. The monoisotopic (exact) mass is 462 g/mol. The third-order valence-electron chi connectivity index (χ3n) is 7.55. The van der Waals surface area contributed by atoms with E-state index in [0.717, 1.165) is 68.3 Å². The number of amides is 1. The van der Waals surface area contributed by atoms with Crippen molar-refractivity contribution in [1.29, 1.82) is 0 Å². The van der Waals surface area contributed by atoms with Crippen LogP contribution in [0.1, 0.15) is 39.0 Å². The first-order chi connectivity index (χ1) is 15.5. The Bertz CT molecular complexity index is 904. The van der Waals surface area contributed by atoms with Gasteiger partial charge in [0, 0.05) is 44.4 Å². The Morgan fingerprint density at radius 2 is 1.97 bits per heavy atom. The summed E-state index contributed by atoms with van der Waals surface area (Å²) in [7, 11) is 1.66. The molecule has 7 nitrogen and oxygen atoms in total. The smallest absolute Gasteiger partial charge is 0.223 e. The molecule has 1 saturated heterocycles. The number of aromatic nitrogens is 1. The van der Waals surface area contributed by atoms with Gasteiger partial charge in [0.05, 0.1) is 17.4 Å². The van der Waals surface area contributed by atoms with Gasteiger partial charge in [-0.2, -0.15) is 0 Å². The van der Waals surface area contributed by atoms with Crippen LogP contribution in [0.5, 0.6) is 0 Å². The van der Waals surface area contributed by atoms with E-state index in [4.69, 9.17) is 26.6 Å². The fraction of sp³-hybridized carbons (Fsp3) is 0.667. The average molecular weight is 463 g/mol. The second-order valence-corrected chi connectivity index (χ2v) is 9.85. The number of nitrogens with two attached hydrogens (primary N) is 1. The highest BCUT2D eigenvalue weighted by molar-refractivity contribution is 6.31. The minimum absolute atomic E-state index is 0.107. The van der Waals surface area contributed by atoms with Crippen LogP contribution in [0.3, 0.4) is 0 Å². The quantitative estimate of drug-likeness (QED) is 0.639. The zero-order valence-electron chi connectivity index (χ0n) is 19.1. The van der Waals surface area contributed by atoms with E-state index in [1.165, 1.54) is 19.3 Å². The molecular weight excluding hydrogens is 428 g/mol. The number of halogens is 1. The summed E-state index contributed by atoms with van der Waals surface area (Å²) < 4.78 is 10.9. The fourth-order valence-corrected chi connectivity index (χ4v) is 5.67. The molecule has 2 aromatic rings. The van der Waals surface area contributed by atoms with Crippen molar-refractivity contribution in [2.45, 2.75) is 45.1 Å². The normalized spacial score (nSPS) is 24.5. The molecule has 0 bridgehead atoms. The number of ether oxygens (including phenoxy) is 1. The van der Waals surface area contributed by atoms with Crippen LogP contribution < -0.4 is 10.6 Å². The standard InChI is InChI=1S/C24H35ClN4O3/c1-16(31-2)22(23(26)30)18-5-3-17(4-6-18)9-10-28-11-13-29(14-12-28)24-20-8-7-19(25)15-21(20)32-27-24/h7-8,15-18,22H,3-6,9-14H2,1-2H3,(H2,26,30). The molecule has 32 heavy (non-hydrogen) atoms. The van der Waals surface area contributed by atoms with Crippen LogP contribution in [-0.2, 0) is 9.53 Å². The molecule has 1 aromatic heterocycles. The van der Waals surface area contributed by atoms with Gasteiger partial charge < -0.3 is 19.9 Å². The minimum Gasteiger partial charge on any atom is -0.381 e. The molecule has 2 atom stereocenters. The minimum atomic E-state index is -0.219. The first kappa shape index (κ1) is 23.3. The maximum Gasteiger partial charge on any atom is 0.223 e. The van der Waals surface area contributed by atoms with E-state index in [-0.39, 0.29) is 17.9 Å². The van der Waals surface area contributed by atoms with Crippen molar-refractivity contribution in [2.24, 2.45) is 23.5 Å². The number of fused-ring (bicyclic) bond motifs is 1. The van der Waals surface area contributed by atoms with Gasteiger partial charge in [-0.1, -0.05) is 29.6 Å². The first-order valence-electron chi connectivity index (χ1n) is 11.8. The highest BCUT2D eigenvalue weighted by Gasteiger charge is 2.34. The number of carbonyl (C=O) groups is 1. The molecule has 2 unspecified atom stereocenters. The van der Waals surface area contributed by atoms with Gasteiger partial charge in [-0.25, -0.2) is 0 Å². The Morgan fingerprint density at radius 3 is 2.62 bits per heavy atom. The van der Waals surface area contributed by atoms with Crippen molar-refractivity contribution in [3.05, 3.63) is 23.2 Å². The molecule has 0 radical (unpaired) electrons. The summed E-state index contributed by atoms with van der Waals surface area (Å²) in [5, 5.41) is 5.98. The predicted octanol–water partition coefficient (Wildman–Crippen LogP) is 3.94. The zero-order chi connectivity index (χ0) is 22.7. The van der Waals surface area contributed by atoms with Gasteiger partial charge >= 0.3 is 0 Å². The van der Waals surface area contributed by atoms with E-state index in [1.807, 2.05) is 25.1 Å². The van der Waals surface area contributed by atoms with Crippen LogP contribution in [0.15, 0.2) is 22.7 Å². The van der Waals surface area contributed by atoms with Crippen molar-refractivity contribution >= 4 is 34.3 Å². The van der Waals surface area contributed by atoms with E-state index in [1.54, 1.807) is 7.11 Å². The van der Waals surface area contributed by atoms with Crippen molar-refractivity contribution in [1.82, 2.24) is 10.1 Å². The second kappa shape index (κ2) is 10.4. The van der Waals surface area contributed by atoms with E-state index in [0.29, 0.717) is 10.9 Å². The number of methoxy groups -OCH3 is 1. The predicted molar refractivity (Wildman–Crippen MR) is 127 cm³/mol. The molecule has 2 fully saturated rings. The number of anilines is 1. The summed E-state index contributed by atoms with van der Waals surface area (Å²) in [6.07, 6.45) is 5.62. The third kappa shape index (κ3) is 5.21. The molecule has 1 amide bonds. The molecule has 1 saturated carbocycles.